The number of nitrogens with one attached hydrogen (secondary N) is 1. The Labute approximate surface area is 125 Å². The van der Waals surface area contributed by atoms with Gasteiger partial charge in [0.05, 0.1) is 0 Å². The smallest absolute Gasteiger partial charge is 0.229 e. The maximum absolute atomic E-state index is 12.6. The molecule has 2 heterocycles. The molecule has 21 heavy (non-hydrogen) atoms. The van der Waals surface area contributed by atoms with Crippen LogP contribution in [0.25, 0.3) is 0 Å². The predicted octanol–water partition coefficient (Wildman–Crippen LogP) is 2.33. The molecule has 1 aromatic rings. The van der Waals surface area contributed by atoms with Gasteiger partial charge in [-0.3, -0.25) is 9.59 Å². The highest BCUT2D eigenvalue weighted by atomic mass is 16.2. The van der Waals surface area contributed by atoms with Crippen LogP contribution < -0.4 is 10.2 Å². The number of rotatable bonds is 2. The van der Waals surface area contributed by atoms with Gasteiger partial charge in [0, 0.05) is 31.1 Å². The standard InChI is InChI=1S/C17H22N2O2/c1-12-7-8-15-13(10-12)4-3-9-19(15)17(21)11-14-5-2-6-16(20)18-14/h7-8,10,14H,2-6,9,11H2,1H3,(H,18,20). The monoisotopic (exact) mass is 286 g/mol. The zero-order valence-electron chi connectivity index (χ0n) is 12.5. The molecule has 112 valence electrons. The normalized spacial score (nSPS) is 21.7. The minimum Gasteiger partial charge on any atom is -0.353 e. The number of aryl methyl sites for hydroxylation is 2. The molecule has 1 aromatic carbocycles. The third kappa shape index (κ3) is 3.09. The van der Waals surface area contributed by atoms with Gasteiger partial charge in [-0.15, -0.1) is 0 Å². The first kappa shape index (κ1) is 14.1. The molecule has 1 unspecified atom stereocenters. The zero-order chi connectivity index (χ0) is 14.8. The average Bonchev–Trinajstić information content (AvgIpc) is 2.46. The first-order valence-corrected chi connectivity index (χ1v) is 7.83. The van der Waals surface area contributed by atoms with Gasteiger partial charge in [0.1, 0.15) is 0 Å². The Kier molecular flexibility index (Phi) is 3.95. The van der Waals surface area contributed by atoms with Crippen molar-refractivity contribution in [2.24, 2.45) is 0 Å². The summed E-state index contributed by atoms with van der Waals surface area (Å²) in [5.41, 5.74) is 3.56. The summed E-state index contributed by atoms with van der Waals surface area (Å²) in [5, 5.41) is 2.93. The fraction of sp³-hybridized carbons (Fsp3) is 0.529. The highest BCUT2D eigenvalue weighted by molar-refractivity contribution is 5.95. The second-order valence-corrected chi connectivity index (χ2v) is 6.14. The van der Waals surface area contributed by atoms with E-state index in [1.54, 1.807) is 0 Å². The maximum atomic E-state index is 12.6. The molecule has 4 heteroatoms. The van der Waals surface area contributed by atoms with E-state index in [-0.39, 0.29) is 17.9 Å². The van der Waals surface area contributed by atoms with Crippen molar-refractivity contribution in [3.8, 4) is 0 Å². The van der Waals surface area contributed by atoms with Gasteiger partial charge in [-0.2, -0.15) is 0 Å². The first-order chi connectivity index (χ1) is 10.1. The molecule has 4 nitrogen and oxygen atoms in total. The van der Waals surface area contributed by atoms with E-state index in [0.29, 0.717) is 12.8 Å². The van der Waals surface area contributed by atoms with Gasteiger partial charge in [0.15, 0.2) is 0 Å². The van der Waals surface area contributed by atoms with Gasteiger partial charge in [-0.25, -0.2) is 0 Å². The summed E-state index contributed by atoms with van der Waals surface area (Å²) in [6.45, 7) is 2.87. The van der Waals surface area contributed by atoms with Crippen molar-refractivity contribution in [2.45, 2.75) is 51.5 Å². The van der Waals surface area contributed by atoms with Gasteiger partial charge < -0.3 is 10.2 Å². The Morgan fingerprint density at radius 3 is 3.00 bits per heavy atom. The number of hydrogen-bond acceptors (Lipinski definition) is 2. The van der Waals surface area contributed by atoms with Crippen molar-refractivity contribution in [3.05, 3.63) is 29.3 Å². The number of piperidine rings is 1. The highest BCUT2D eigenvalue weighted by Crippen LogP contribution is 2.29. The number of fused-ring (bicyclic) bond motifs is 1. The lowest BCUT2D eigenvalue weighted by atomic mass is 9.97. The molecule has 2 aliphatic rings. The van der Waals surface area contributed by atoms with Gasteiger partial charge in [0.2, 0.25) is 11.8 Å². The van der Waals surface area contributed by atoms with Crippen LogP contribution in [-0.4, -0.2) is 24.4 Å². The van der Waals surface area contributed by atoms with Crippen molar-refractivity contribution in [3.63, 3.8) is 0 Å². The average molecular weight is 286 g/mol. The minimum atomic E-state index is 0.00887. The quantitative estimate of drug-likeness (QED) is 0.907. The summed E-state index contributed by atoms with van der Waals surface area (Å²) in [6.07, 6.45) is 4.86. The van der Waals surface area contributed by atoms with Crippen molar-refractivity contribution >= 4 is 17.5 Å². The molecule has 1 saturated heterocycles. The topological polar surface area (TPSA) is 49.4 Å². The lowest BCUT2D eigenvalue weighted by Crippen LogP contribution is -2.44. The largest absolute Gasteiger partial charge is 0.353 e. The molecule has 2 aliphatic heterocycles. The summed E-state index contributed by atoms with van der Waals surface area (Å²) in [7, 11) is 0. The Morgan fingerprint density at radius 1 is 1.33 bits per heavy atom. The van der Waals surface area contributed by atoms with Gasteiger partial charge in [-0.05, 0) is 44.2 Å². The van der Waals surface area contributed by atoms with Crippen LogP contribution in [-0.2, 0) is 16.0 Å². The highest BCUT2D eigenvalue weighted by Gasteiger charge is 2.26. The second-order valence-electron chi connectivity index (χ2n) is 6.14. The molecular weight excluding hydrogens is 264 g/mol. The predicted molar refractivity (Wildman–Crippen MR) is 82.3 cm³/mol. The molecule has 0 radical (unpaired) electrons. The van der Waals surface area contributed by atoms with Gasteiger partial charge in [0.25, 0.3) is 0 Å². The number of amides is 2. The van der Waals surface area contributed by atoms with Crippen LogP contribution in [0.3, 0.4) is 0 Å². The minimum absolute atomic E-state index is 0.00887. The summed E-state index contributed by atoms with van der Waals surface area (Å²) >= 11 is 0. The van der Waals surface area contributed by atoms with Crippen LogP contribution in [0.4, 0.5) is 5.69 Å². The Bertz CT molecular complexity index is 568. The van der Waals surface area contributed by atoms with E-state index in [2.05, 4.69) is 30.4 Å². The lowest BCUT2D eigenvalue weighted by molar-refractivity contribution is -0.124. The van der Waals surface area contributed by atoms with Crippen LogP contribution in [0.15, 0.2) is 18.2 Å². The fourth-order valence-electron chi connectivity index (χ4n) is 3.34. The molecule has 0 aromatic heterocycles. The molecule has 2 amide bonds. The molecule has 0 aliphatic carbocycles. The second kappa shape index (κ2) is 5.88. The SMILES string of the molecule is Cc1ccc2c(c1)CCCN2C(=O)CC1CCCC(=O)N1. The zero-order valence-corrected chi connectivity index (χ0v) is 12.5. The maximum Gasteiger partial charge on any atom is 0.229 e. The molecular formula is C17H22N2O2. The van der Waals surface area contributed by atoms with Crippen molar-refractivity contribution < 1.29 is 9.59 Å². The molecule has 0 bridgehead atoms. The third-order valence-electron chi connectivity index (χ3n) is 4.40. The summed E-state index contributed by atoms with van der Waals surface area (Å²) in [6, 6.07) is 6.31. The van der Waals surface area contributed by atoms with Crippen molar-refractivity contribution in [2.75, 3.05) is 11.4 Å². The summed E-state index contributed by atoms with van der Waals surface area (Å²) in [4.78, 5) is 25.9. The van der Waals surface area contributed by atoms with E-state index in [9.17, 15) is 9.59 Å². The van der Waals surface area contributed by atoms with Crippen LogP contribution in [0.2, 0.25) is 0 Å². The fourth-order valence-corrected chi connectivity index (χ4v) is 3.34. The first-order valence-electron chi connectivity index (χ1n) is 7.83. The summed E-state index contributed by atoms with van der Waals surface area (Å²) < 4.78 is 0. The number of anilines is 1. The van der Waals surface area contributed by atoms with E-state index in [4.69, 9.17) is 0 Å². The molecule has 0 spiro atoms. The van der Waals surface area contributed by atoms with Crippen LogP contribution in [0, 0.1) is 6.92 Å². The van der Waals surface area contributed by atoms with E-state index < -0.39 is 0 Å². The summed E-state index contributed by atoms with van der Waals surface area (Å²) in [5.74, 6) is 0.209. The van der Waals surface area contributed by atoms with Crippen molar-refractivity contribution in [1.29, 1.82) is 0 Å². The van der Waals surface area contributed by atoms with Gasteiger partial charge in [-0.1, -0.05) is 17.7 Å². The Morgan fingerprint density at radius 2 is 2.19 bits per heavy atom. The van der Waals surface area contributed by atoms with E-state index in [1.807, 2.05) is 4.90 Å². The number of carbonyl (C=O) groups excluding carboxylic acids is 2. The molecule has 0 saturated carbocycles. The van der Waals surface area contributed by atoms with Crippen molar-refractivity contribution in [1.82, 2.24) is 5.32 Å². The van der Waals surface area contributed by atoms with E-state index in [1.165, 1.54) is 11.1 Å². The molecule has 1 fully saturated rings. The van der Waals surface area contributed by atoms with E-state index >= 15 is 0 Å². The van der Waals surface area contributed by atoms with Crippen LogP contribution >= 0.6 is 0 Å². The van der Waals surface area contributed by atoms with E-state index in [0.717, 1.165) is 37.9 Å². The van der Waals surface area contributed by atoms with Crippen LogP contribution in [0.1, 0.15) is 43.2 Å². The number of hydrogen-bond donors (Lipinski definition) is 1. The number of benzene rings is 1. The Hall–Kier alpha value is -1.84. The third-order valence-corrected chi connectivity index (χ3v) is 4.40. The molecule has 3 rings (SSSR count). The molecule has 1 N–H and O–H groups in total. The number of nitrogens with zero attached hydrogens (tertiary/aromatic N) is 1. The van der Waals surface area contributed by atoms with Crippen LogP contribution in [0.5, 0.6) is 0 Å². The van der Waals surface area contributed by atoms with Gasteiger partial charge >= 0.3 is 0 Å². The molecule has 1 atom stereocenters. The Balaban J connectivity index is 1.72. The number of carbonyl (C=O) groups is 2. The lowest BCUT2D eigenvalue weighted by Gasteiger charge is -2.32.